The standard InChI is InChI=1S/C17H17Br2N/c1-11(14-8-7-13(18)9-16(14)19)20-17-10-15(17)12-5-3-2-4-6-12/h2-9,11,15,17,20H,10H2,1H3. The van der Waals surface area contributed by atoms with Crippen molar-refractivity contribution in [2.24, 2.45) is 0 Å². The number of benzene rings is 2. The van der Waals surface area contributed by atoms with E-state index in [4.69, 9.17) is 0 Å². The van der Waals surface area contributed by atoms with E-state index in [1.807, 2.05) is 0 Å². The number of rotatable bonds is 4. The molecule has 2 aromatic carbocycles. The number of halogens is 2. The lowest BCUT2D eigenvalue weighted by Crippen LogP contribution is -2.22. The van der Waals surface area contributed by atoms with Crippen LogP contribution in [0.2, 0.25) is 0 Å². The van der Waals surface area contributed by atoms with Crippen molar-refractivity contribution >= 4 is 31.9 Å². The minimum absolute atomic E-state index is 0.358. The van der Waals surface area contributed by atoms with E-state index in [1.54, 1.807) is 0 Å². The molecule has 1 aliphatic rings. The van der Waals surface area contributed by atoms with Gasteiger partial charge >= 0.3 is 0 Å². The van der Waals surface area contributed by atoms with Crippen molar-refractivity contribution in [3.05, 3.63) is 68.6 Å². The molecule has 1 fully saturated rings. The highest BCUT2D eigenvalue weighted by Crippen LogP contribution is 2.42. The van der Waals surface area contributed by atoms with Crippen LogP contribution in [0.15, 0.2) is 57.5 Å². The fourth-order valence-electron chi connectivity index (χ4n) is 2.71. The Morgan fingerprint density at radius 2 is 1.85 bits per heavy atom. The molecule has 3 unspecified atom stereocenters. The molecule has 0 heterocycles. The minimum atomic E-state index is 0.358. The molecular formula is C17H17Br2N. The summed E-state index contributed by atoms with van der Waals surface area (Å²) in [5.41, 5.74) is 2.76. The van der Waals surface area contributed by atoms with Gasteiger partial charge in [0.25, 0.3) is 0 Å². The zero-order valence-corrected chi connectivity index (χ0v) is 14.5. The second-order valence-corrected chi connectivity index (χ2v) is 7.18. The van der Waals surface area contributed by atoms with Crippen LogP contribution < -0.4 is 5.32 Å². The third-order valence-electron chi connectivity index (χ3n) is 3.91. The largest absolute Gasteiger partial charge is 0.307 e. The maximum absolute atomic E-state index is 3.73. The zero-order valence-electron chi connectivity index (χ0n) is 11.3. The normalized spacial score (nSPS) is 22.6. The van der Waals surface area contributed by atoms with E-state index in [2.05, 4.69) is 92.6 Å². The van der Waals surface area contributed by atoms with E-state index < -0.39 is 0 Å². The van der Waals surface area contributed by atoms with Gasteiger partial charge in [-0.25, -0.2) is 0 Å². The van der Waals surface area contributed by atoms with Gasteiger partial charge in [-0.15, -0.1) is 0 Å². The van der Waals surface area contributed by atoms with Crippen LogP contribution >= 0.6 is 31.9 Å². The van der Waals surface area contributed by atoms with Crippen molar-refractivity contribution in [3.8, 4) is 0 Å². The summed E-state index contributed by atoms with van der Waals surface area (Å²) in [5.74, 6) is 0.674. The molecule has 3 rings (SSSR count). The first-order valence-electron chi connectivity index (χ1n) is 6.91. The molecular weight excluding hydrogens is 378 g/mol. The molecule has 1 nitrogen and oxygen atoms in total. The lowest BCUT2D eigenvalue weighted by Gasteiger charge is -2.16. The monoisotopic (exact) mass is 393 g/mol. The first kappa shape index (κ1) is 14.3. The molecule has 0 aliphatic heterocycles. The van der Waals surface area contributed by atoms with Crippen LogP contribution in [0.4, 0.5) is 0 Å². The Labute approximate surface area is 137 Å². The highest BCUT2D eigenvalue weighted by Gasteiger charge is 2.38. The zero-order chi connectivity index (χ0) is 14.1. The molecule has 0 aromatic heterocycles. The molecule has 0 bridgehead atoms. The Bertz CT molecular complexity index is 597. The molecule has 0 amide bonds. The third kappa shape index (κ3) is 3.16. The van der Waals surface area contributed by atoms with Crippen LogP contribution in [0, 0.1) is 0 Å². The van der Waals surface area contributed by atoms with E-state index in [9.17, 15) is 0 Å². The summed E-state index contributed by atoms with van der Waals surface area (Å²) in [6.07, 6.45) is 1.24. The van der Waals surface area contributed by atoms with Crippen LogP contribution in [0.3, 0.4) is 0 Å². The summed E-state index contributed by atoms with van der Waals surface area (Å²) < 4.78 is 2.26. The van der Waals surface area contributed by atoms with Crippen molar-refractivity contribution in [1.29, 1.82) is 0 Å². The van der Waals surface area contributed by atoms with Gasteiger partial charge in [-0.05, 0) is 36.6 Å². The SMILES string of the molecule is CC(NC1CC1c1ccccc1)c1ccc(Br)cc1Br. The maximum Gasteiger partial charge on any atom is 0.0305 e. The van der Waals surface area contributed by atoms with E-state index in [0.717, 1.165) is 8.95 Å². The number of hydrogen-bond donors (Lipinski definition) is 1. The average Bonchev–Trinajstić information content (AvgIpc) is 3.18. The quantitative estimate of drug-likeness (QED) is 0.730. The Morgan fingerprint density at radius 3 is 2.55 bits per heavy atom. The summed E-state index contributed by atoms with van der Waals surface area (Å²) in [7, 11) is 0. The van der Waals surface area contributed by atoms with Crippen molar-refractivity contribution < 1.29 is 0 Å². The molecule has 1 saturated carbocycles. The van der Waals surface area contributed by atoms with Crippen LogP contribution in [-0.2, 0) is 0 Å². The average molecular weight is 395 g/mol. The highest BCUT2D eigenvalue weighted by atomic mass is 79.9. The molecule has 1 N–H and O–H groups in total. The number of nitrogens with one attached hydrogen (secondary N) is 1. The molecule has 3 heteroatoms. The van der Waals surface area contributed by atoms with E-state index >= 15 is 0 Å². The molecule has 0 saturated heterocycles. The predicted octanol–water partition coefficient (Wildman–Crippen LogP) is 5.42. The summed E-state index contributed by atoms with van der Waals surface area (Å²) in [4.78, 5) is 0. The van der Waals surface area contributed by atoms with Gasteiger partial charge in [0.1, 0.15) is 0 Å². The van der Waals surface area contributed by atoms with Crippen molar-refractivity contribution in [2.45, 2.75) is 31.3 Å². The molecule has 0 radical (unpaired) electrons. The summed E-state index contributed by atoms with van der Waals surface area (Å²) in [6, 6.07) is 18.1. The van der Waals surface area contributed by atoms with Gasteiger partial charge < -0.3 is 5.32 Å². The van der Waals surface area contributed by atoms with E-state index in [1.165, 1.54) is 17.5 Å². The lowest BCUT2D eigenvalue weighted by atomic mass is 10.1. The highest BCUT2D eigenvalue weighted by molar-refractivity contribution is 9.11. The van der Waals surface area contributed by atoms with Crippen LogP contribution in [0.5, 0.6) is 0 Å². The van der Waals surface area contributed by atoms with Gasteiger partial charge in [-0.2, -0.15) is 0 Å². The summed E-state index contributed by atoms with van der Waals surface area (Å²) >= 11 is 7.15. The van der Waals surface area contributed by atoms with Gasteiger partial charge in [0.15, 0.2) is 0 Å². The number of hydrogen-bond acceptors (Lipinski definition) is 1. The minimum Gasteiger partial charge on any atom is -0.307 e. The van der Waals surface area contributed by atoms with E-state index in [-0.39, 0.29) is 0 Å². The first-order valence-corrected chi connectivity index (χ1v) is 8.49. The Hall–Kier alpha value is -0.640. The van der Waals surface area contributed by atoms with Gasteiger partial charge in [-0.3, -0.25) is 0 Å². The summed E-state index contributed by atoms with van der Waals surface area (Å²) in [5, 5.41) is 3.73. The van der Waals surface area contributed by atoms with E-state index in [0.29, 0.717) is 18.0 Å². The molecule has 3 atom stereocenters. The lowest BCUT2D eigenvalue weighted by molar-refractivity contribution is 0.561. The molecule has 20 heavy (non-hydrogen) atoms. The topological polar surface area (TPSA) is 12.0 Å². The van der Waals surface area contributed by atoms with Crippen molar-refractivity contribution in [1.82, 2.24) is 5.32 Å². The van der Waals surface area contributed by atoms with Crippen molar-refractivity contribution in [3.63, 3.8) is 0 Å². The van der Waals surface area contributed by atoms with Gasteiger partial charge in [0.2, 0.25) is 0 Å². The van der Waals surface area contributed by atoms with Crippen molar-refractivity contribution in [2.75, 3.05) is 0 Å². The molecule has 0 spiro atoms. The second kappa shape index (κ2) is 6.00. The molecule has 104 valence electrons. The fourth-order valence-corrected chi connectivity index (χ4v) is 4.10. The first-order chi connectivity index (χ1) is 9.65. The summed E-state index contributed by atoms with van der Waals surface area (Å²) in [6.45, 7) is 2.23. The van der Waals surface area contributed by atoms with Crippen LogP contribution in [0.25, 0.3) is 0 Å². The van der Waals surface area contributed by atoms with Crippen LogP contribution in [-0.4, -0.2) is 6.04 Å². The smallest absolute Gasteiger partial charge is 0.0305 e. The van der Waals surface area contributed by atoms with Crippen LogP contribution in [0.1, 0.15) is 36.4 Å². The molecule has 1 aliphatic carbocycles. The fraction of sp³-hybridized carbons (Fsp3) is 0.294. The molecule has 2 aromatic rings. The second-order valence-electron chi connectivity index (χ2n) is 5.41. The Kier molecular flexibility index (Phi) is 4.29. The predicted molar refractivity (Wildman–Crippen MR) is 91.0 cm³/mol. The Balaban J connectivity index is 1.65. The van der Waals surface area contributed by atoms with Gasteiger partial charge in [0, 0.05) is 26.9 Å². The third-order valence-corrected chi connectivity index (χ3v) is 5.09. The van der Waals surface area contributed by atoms with Gasteiger partial charge in [-0.1, -0.05) is 68.3 Å². The Morgan fingerprint density at radius 1 is 1.10 bits per heavy atom. The van der Waals surface area contributed by atoms with Gasteiger partial charge in [0.05, 0.1) is 0 Å². The maximum atomic E-state index is 3.73.